The summed E-state index contributed by atoms with van der Waals surface area (Å²) >= 11 is 5.18. The van der Waals surface area contributed by atoms with E-state index in [4.69, 9.17) is 5.73 Å². The number of aromatic nitrogens is 2. The predicted molar refractivity (Wildman–Crippen MR) is 63.5 cm³/mol. The van der Waals surface area contributed by atoms with Gasteiger partial charge >= 0.3 is 0 Å². The molecule has 2 rings (SSSR count). The number of nitrogen functional groups attached to an aromatic ring is 1. The highest BCUT2D eigenvalue weighted by Crippen LogP contribution is 2.35. The fourth-order valence-electron chi connectivity index (χ4n) is 1.23. The summed E-state index contributed by atoms with van der Waals surface area (Å²) in [7, 11) is 0. The van der Waals surface area contributed by atoms with Crippen LogP contribution in [0.1, 0.15) is 11.1 Å². The van der Waals surface area contributed by atoms with E-state index in [1.54, 1.807) is 11.3 Å². The highest BCUT2D eigenvalue weighted by Gasteiger charge is 2.11. The quantitative estimate of drug-likeness (QED) is 0.838. The van der Waals surface area contributed by atoms with Crippen molar-refractivity contribution in [2.24, 2.45) is 0 Å². The zero-order valence-electron chi connectivity index (χ0n) is 7.89. The van der Waals surface area contributed by atoms with Crippen molar-refractivity contribution in [3.8, 4) is 10.6 Å². The molecule has 0 spiro atoms. The van der Waals surface area contributed by atoms with Gasteiger partial charge in [-0.3, -0.25) is 5.10 Å². The molecule has 3 nitrogen and oxygen atoms in total. The summed E-state index contributed by atoms with van der Waals surface area (Å²) in [5, 5.41) is 6.92. The minimum atomic E-state index is 0.571. The Labute approximate surface area is 94.5 Å². The summed E-state index contributed by atoms with van der Waals surface area (Å²) in [6, 6.07) is 2.12. The van der Waals surface area contributed by atoms with E-state index in [1.165, 1.54) is 5.56 Å². The van der Waals surface area contributed by atoms with E-state index < -0.39 is 0 Å². The van der Waals surface area contributed by atoms with Crippen LogP contribution in [0.25, 0.3) is 10.6 Å². The molecule has 2 aromatic rings. The van der Waals surface area contributed by atoms with Gasteiger partial charge in [0.1, 0.15) is 5.82 Å². The highest BCUT2D eigenvalue weighted by atomic mass is 79.9. The number of aromatic amines is 1. The van der Waals surface area contributed by atoms with E-state index in [9.17, 15) is 0 Å². The Balaban J connectivity index is 2.54. The van der Waals surface area contributed by atoms with Crippen LogP contribution in [0.3, 0.4) is 0 Å². The van der Waals surface area contributed by atoms with Crippen molar-refractivity contribution >= 4 is 33.1 Å². The molecule has 0 aliphatic heterocycles. The SMILES string of the molecule is Cc1cc(-c2[nH]nc(N)c2C)sc1Br. The molecule has 0 aromatic carbocycles. The van der Waals surface area contributed by atoms with Gasteiger partial charge in [-0.05, 0) is 41.4 Å². The lowest BCUT2D eigenvalue weighted by molar-refractivity contribution is 1.11. The van der Waals surface area contributed by atoms with E-state index in [1.807, 2.05) is 6.92 Å². The summed E-state index contributed by atoms with van der Waals surface area (Å²) in [6.45, 7) is 4.04. The van der Waals surface area contributed by atoms with Crippen LogP contribution in [-0.4, -0.2) is 10.2 Å². The molecular weight excluding hydrogens is 262 g/mol. The van der Waals surface area contributed by atoms with Crippen LogP contribution < -0.4 is 5.73 Å². The van der Waals surface area contributed by atoms with Crippen LogP contribution in [0.15, 0.2) is 9.85 Å². The van der Waals surface area contributed by atoms with Gasteiger partial charge in [-0.15, -0.1) is 11.3 Å². The smallest absolute Gasteiger partial charge is 0.148 e. The van der Waals surface area contributed by atoms with E-state index in [0.717, 1.165) is 19.9 Å². The molecule has 0 atom stereocenters. The number of hydrogen-bond acceptors (Lipinski definition) is 3. The average molecular weight is 272 g/mol. The molecule has 5 heteroatoms. The largest absolute Gasteiger partial charge is 0.382 e. The number of nitrogens with one attached hydrogen (secondary N) is 1. The second kappa shape index (κ2) is 3.40. The van der Waals surface area contributed by atoms with Crippen molar-refractivity contribution in [1.82, 2.24) is 10.2 Å². The van der Waals surface area contributed by atoms with Crippen molar-refractivity contribution in [1.29, 1.82) is 0 Å². The normalized spacial score (nSPS) is 10.8. The highest BCUT2D eigenvalue weighted by molar-refractivity contribution is 9.11. The molecule has 0 fully saturated rings. The molecule has 0 saturated carbocycles. The third kappa shape index (κ3) is 1.46. The zero-order chi connectivity index (χ0) is 10.3. The number of halogens is 1. The van der Waals surface area contributed by atoms with Gasteiger partial charge in [-0.2, -0.15) is 5.10 Å². The average Bonchev–Trinajstić information content (AvgIpc) is 2.61. The van der Waals surface area contributed by atoms with Crippen molar-refractivity contribution < 1.29 is 0 Å². The number of hydrogen-bond donors (Lipinski definition) is 2. The van der Waals surface area contributed by atoms with Crippen LogP contribution in [0.4, 0.5) is 5.82 Å². The molecule has 2 aromatic heterocycles. The minimum absolute atomic E-state index is 0.571. The topological polar surface area (TPSA) is 54.7 Å². The van der Waals surface area contributed by atoms with Gasteiger partial charge < -0.3 is 5.73 Å². The van der Waals surface area contributed by atoms with Gasteiger partial charge in [0.25, 0.3) is 0 Å². The molecule has 14 heavy (non-hydrogen) atoms. The zero-order valence-corrected chi connectivity index (χ0v) is 10.3. The molecule has 0 unspecified atom stereocenters. The number of nitrogens with two attached hydrogens (primary N) is 1. The summed E-state index contributed by atoms with van der Waals surface area (Å²) in [5.41, 5.74) is 8.94. The maximum Gasteiger partial charge on any atom is 0.148 e. The summed E-state index contributed by atoms with van der Waals surface area (Å²) in [5.74, 6) is 0.571. The number of H-pyrrole nitrogens is 1. The van der Waals surface area contributed by atoms with Crippen LogP contribution in [0.2, 0.25) is 0 Å². The van der Waals surface area contributed by atoms with E-state index in [2.05, 4.69) is 39.1 Å². The maximum absolute atomic E-state index is 5.67. The molecule has 0 radical (unpaired) electrons. The Bertz CT molecular complexity index is 453. The first-order chi connectivity index (χ1) is 6.59. The van der Waals surface area contributed by atoms with Gasteiger partial charge in [0, 0.05) is 5.56 Å². The summed E-state index contributed by atoms with van der Waals surface area (Å²) in [4.78, 5) is 1.16. The first-order valence-electron chi connectivity index (χ1n) is 4.16. The third-order valence-electron chi connectivity index (χ3n) is 2.15. The van der Waals surface area contributed by atoms with E-state index >= 15 is 0 Å². The Morgan fingerprint density at radius 3 is 2.64 bits per heavy atom. The van der Waals surface area contributed by atoms with Crippen LogP contribution in [-0.2, 0) is 0 Å². The predicted octanol–water partition coefficient (Wildman–Crippen LogP) is 3.10. The fourth-order valence-corrected chi connectivity index (χ4v) is 2.82. The van der Waals surface area contributed by atoms with Crippen molar-refractivity contribution in [3.63, 3.8) is 0 Å². The van der Waals surface area contributed by atoms with Gasteiger partial charge in [0.15, 0.2) is 0 Å². The maximum atomic E-state index is 5.67. The first-order valence-corrected chi connectivity index (χ1v) is 5.77. The van der Waals surface area contributed by atoms with Crippen molar-refractivity contribution in [2.45, 2.75) is 13.8 Å². The fraction of sp³-hybridized carbons (Fsp3) is 0.222. The van der Waals surface area contributed by atoms with E-state index in [-0.39, 0.29) is 0 Å². The number of thiophene rings is 1. The monoisotopic (exact) mass is 271 g/mol. The van der Waals surface area contributed by atoms with Gasteiger partial charge in [-0.1, -0.05) is 0 Å². The Kier molecular flexibility index (Phi) is 2.36. The molecular formula is C9H10BrN3S. The number of aryl methyl sites for hydroxylation is 1. The number of nitrogens with zero attached hydrogens (tertiary/aromatic N) is 1. The second-order valence-corrected chi connectivity index (χ2v) is 5.55. The lowest BCUT2D eigenvalue weighted by Crippen LogP contribution is -1.85. The number of rotatable bonds is 1. The third-order valence-corrected chi connectivity index (χ3v) is 4.31. The molecule has 2 heterocycles. The lowest BCUT2D eigenvalue weighted by atomic mass is 10.2. The molecule has 3 N–H and O–H groups in total. The lowest BCUT2D eigenvalue weighted by Gasteiger charge is -1.92. The van der Waals surface area contributed by atoms with Gasteiger partial charge in [0.05, 0.1) is 14.4 Å². The van der Waals surface area contributed by atoms with Crippen LogP contribution in [0, 0.1) is 13.8 Å². The van der Waals surface area contributed by atoms with Crippen molar-refractivity contribution in [2.75, 3.05) is 5.73 Å². The minimum Gasteiger partial charge on any atom is -0.382 e. The van der Waals surface area contributed by atoms with Crippen LogP contribution in [0.5, 0.6) is 0 Å². The molecule has 0 bridgehead atoms. The second-order valence-electron chi connectivity index (χ2n) is 3.18. The molecule has 0 amide bonds. The molecule has 0 saturated heterocycles. The summed E-state index contributed by atoms with van der Waals surface area (Å²) < 4.78 is 1.15. The molecule has 0 aliphatic carbocycles. The van der Waals surface area contributed by atoms with Crippen LogP contribution >= 0.6 is 27.3 Å². The molecule has 0 aliphatic rings. The summed E-state index contributed by atoms with van der Waals surface area (Å²) in [6.07, 6.45) is 0. The van der Waals surface area contributed by atoms with Gasteiger partial charge in [-0.25, -0.2) is 0 Å². The van der Waals surface area contributed by atoms with Crippen molar-refractivity contribution in [3.05, 3.63) is 21.0 Å². The van der Waals surface area contributed by atoms with E-state index in [0.29, 0.717) is 5.82 Å². The van der Waals surface area contributed by atoms with Gasteiger partial charge in [0.2, 0.25) is 0 Å². The first kappa shape index (κ1) is 9.73. The number of anilines is 1. The standard InChI is InChI=1S/C9H10BrN3S/c1-4-3-6(14-8(4)10)7-5(2)9(11)13-12-7/h3H,1-2H3,(H3,11,12,13). The Hall–Kier alpha value is -0.810. The Morgan fingerprint density at radius 2 is 2.21 bits per heavy atom. The molecule has 74 valence electrons. The Morgan fingerprint density at radius 1 is 1.50 bits per heavy atom.